The van der Waals surface area contributed by atoms with Gasteiger partial charge in [-0.05, 0) is 48.9 Å². The molecule has 18 heavy (non-hydrogen) atoms. The summed E-state index contributed by atoms with van der Waals surface area (Å²) in [4.78, 5) is 15.0. The molecule has 0 bridgehead atoms. The number of thiophene rings is 1. The molecule has 4 heteroatoms. The van der Waals surface area contributed by atoms with Gasteiger partial charge in [0.05, 0.1) is 4.88 Å². The van der Waals surface area contributed by atoms with E-state index in [9.17, 15) is 4.79 Å². The van der Waals surface area contributed by atoms with Crippen molar-refractivity contribution >= 4 is 33.0 Å². The molecule has 1 aliphatic carbocycles. The van der Waals surface area contributed by atoms with Crippen molar-refractivity contribution in [2.75, 3.05) is 12.8 Å². The molecular formula is C14H16N2OS. The second-order valence-electron chi connectivity index (χ2n) is 4.91. The first-order chi connectivity index (χ1) is 8.65. The largest absolute Gasteiger partial charge is 0.399 e. The maximum Gasteiger partial charge on any atom is 0.263 e. The van der Waals surface area contributed by atoms with Crippen LogP contribution in [-0.4, -0.2) is 23.9 Å². The molecule has 1 aromatic heterocycles. The van der Waals surface area contributed by atoms with Crippen molar-refractivity contribution in [3.8, 4) is 0 Å². The van der Waals surface area contributed by atoms with Crippen LogP contribution in [0, 0.1) is 0 Å². The highest BCUT2D eigenvalue weighted by Crippen LogP contribution is 2.30. The third kappa shape index (κ3) is 1.86. The molecule has 1 fully saturated rings. The lowest BCUT2D eigenvalue weighted by molar-refractivity contribution is 0.0657. The van der Waals surface area contributed by atoms with Gasteiger partial charge in [0.25, 0.3) is 5.91 Å². The highest BCUT2D eigenvalue weighted by molar-refractivity contribution is 7.20. The van der Waals surface area contributed by atoms with E-state index in [1.165, 1.54) is 6.42 Å². The molecule has 0 spiro atoms. The second-order valence-corrected chi connectivity index (χ2v) is 5.99. The minimum atomic E-state index is 0.138. The smallest absolute Gasteiger partial charge is 0.263 e. The topological polar surface area (TPSA) is 46.3 Å². The van der Waals surface area contributed by atoms with Crippen LogP contribution in [0.5, 0.6) is 0 Å². The van der Waals surface area contributed by atoms with Gasteiger partial charge in [0.15, 0.2) is 0 Å². The van der Waals surface area contributed by atoms with E-state index in [1.54, 1.807) is 11.3 Å². The lowest BCUT2D eigenvalue weighted by Gasteiger charge is -2.34. The van der Waals surface area contributed by atoms with Gasteiger partial charge in [-0.2, -0.15) is 0 Å². The van der Waals surface area contributed by atoms with Gasteiger partial charge >= 0.3 is 0 Å². The van der Waals surface area contributed by atoms with Crippen LogP contribution in [0.1, 0.15) is 28.9 Å². The number of nitrogens with two attached hydrogens (primary N) is 1. The van der Waals surface area contributed by atoms with E-state index in [4.69, 9.17) is 5.73 Å². The minimum absolute atomic E-state index is 0.138. The Kier molecular flexibility index (Phi) is 2.74. The molecule has 0 saturated heterocycles. The lowest BCUT2D eigenvalue weighted by atomic mass is 9.92. The Bertz CT molecular complexity index is 601. The highest BCUT2D eigenvalue weighted by atomic mass is 32.1. The maximum absolute atomic E-state index is 12.3. The van der Waals surface area contributed by atoms with Gasteiger partial charge in [-0.1, -0.05) is 0 Å². The number of carbonyl (C=O) groups is 1. The van der Waals surface area contributed by atoms with E-state index in [-0.39, 0.29) is 5.91 Å². The van der Waals surface area contributed by atoms with E-state index in [0.717, 1.165) is 33.5 Å². The number of nitrogen functional groups attached to an aromatic ring is 1. The Hall–Kier alpha value is -1.55. The number of hydrogen-bond donors (Lipinski definition) is 1. The van der Waals surface area contributed by atoms with Gasteiger partial charge in [-0.25, -0.2) is 0 Å². The molecule has 1 aliphatic rings. The summed E-state index contributed by atoms with van der Waals surface area (Å²) in [6, 6.07) is 8.17. The Balaban J connectivity index is 1.91. The molecule has 0 radical (unpaired) electrons. The second kappa shape index (κ2) is 4.28. The molecule has 0 atom stereocenters. The number of anilines is 1. The Morgan fingerprint density at radius 1 is 1.39 bits per heavy atom. The van der Waals surface area contributed by atoms with Crippen molar-refractivity contribution < 1.29 is 4.79 Å². The first kappa shape index (κ1) is 11.5. The Morgan fingerprint density at radius 2 is 2.17 bits per heavy atom. The van der Waals surface area contributed by atoms with Crippen LogP contribution in [0.15, 0.2) is 24.3 Å². The zero-order valence-corrected chi connectivity index (χ0v) is 11.2. The average molecular weight is 260 g/mol. The van der Waals surface area contributed by atoms with E-state index in [2.05, 4.69) is 0 Å². The fourth-order valence-corrected chi connectivity index (χ4v) is 3.31. The number of amides is 1. The van der Waals surface area contributed by atoms with Gasteiger partial charge in [0.1, 0.15) is 0 Å². The number of nitrogens with zero attached hydrogens (tertiary/aromatic N) is 1. The number of hydrogen-bond acceptors (Lipinski definition) is 3. The fourth-order valence-electron chi connectivity index (χ4n) is 2.28. The summed E-state index contributed by atoms with van der Waals surface area (Å²) in [6.07, 6.45) is 3.52. The van der Waals surface area contributed by atoms with Crippen molar-refractivity contribution in [3.63, 3.8) is 0 Å². The van der Waals surface area contributed by atoms with Gasteiger partial charge in [-0.15, -0.1) is 11.3 Å². The van der Waals surface area contributed by atoms with E-state index < -0.39 is 0 Å². The molecule has 0 aliphatic heterocycles. The Morgan fingerprint density at radius 3 is 2.83 bits per heavy atom. The molecule has 1 saturated carbocycles. The SMILES string of the molecule is CN(C(=O)c1cc2cc(N)ccc2s1)C1CCC1. The third-order valence-electron chi connectivity index (χ3n) is 3.69. The summed E-state index contributed by atoms with van der Waals surface area (Å²) in [5.41, 5.74) is 6.50. The molecule has 2 N–H and O–H groups in total. The van der Waals surface area contributed by atoms with Crippen molar-refractivity contribution in [1.29, 1.82) is 0 Å². The molecule has 1 heterocycles. The Labute approximate surface area is 110 Å². The van der Waals surface area contributed by atoms with Gasteiger partial charge in [0.2, 0.25) is 0 Å². The average Bonchev–Trinajstić information content (AvgIpc) is 2.68. The molecule has 94 valence electrons. The van der Waals surface area contributed by atoms with Gasteiger partial charge in [-0.3, -0.25) is 4.79 Å². The molecule has 3 nitrogen and oxygen atoms in total. The molecule has 1 amide bonds. The predicted molar refractivity (Wildman–Crippen MR) is 76.0 cm³/mol. The maximum atomic E-state index is 12.3. The highest BCUT2D eigenvalue weighted by Gasteiger charge is 2.27. The van der Waals surface area contributed by atoms with E-state index in [0.29, 0.717) is 6.04 Å². The summed E-state index contributed by atoms with van der Waals surface area (Å²) in [5.74, 6) is 0.138. The number of carbonyl (C=O) groups excluding carboxylic acids is 1. The zero-order chi connectivity index (χ0) is 12.7. The summed E-state index contributed by atoms with van der Waals surface area (Å²) in [6.45, 7) is 0. The number of benzene rings is 1. The van der Waals surface area contributed by atoms with Crippen molar-refractivity contribution in [1.82, 2.24) is 4.90 Å². The van der Waals surface area contributed by atoms with Crippen LogP contribution >= 0.6 is 11.3 Å². The van der Waals surface area contributed by atoms with Crippen molar-refractivity contribution in [2.24, 2.45) is 0 Å². The molecule has 1 aromatic carbocycles. The summed E-state index contributed by atoms with van der Waals surface area (Å²) in [5, 5.41) is 1.06. The lowest BCUT2D eigenvalue weighted by Crippen LogP contribution is -2.40. The molecular weight excluding hydrogens is 244 g/mol. The van der Waals surface area contributed by atoms with Crippen LogP contribution in [0.25, 0.3) is 10.1 Å². The number of fused-ring (bicyclic) bond motifs is 1. The third-order valence-corrected chi connectivity index (χ3v) is 4.80. The molecule has 2 aromatic rings. The first-order valence-corrected chi connectivity index (χ1v) is 7.03. The summed E-state index contributed by atoms with van der Waals surface area (Å²) < 4.78 is 1.12. The zero-order valence-electron chi connectivity index (χ0n) is 10.3. The predicted octanol–water partition coefficient (Wildman–Crippen LogP) is 3.11. The van der Waals surface area contributed by atoms with E-state index in [1.807, 2.05) is 36.2 Å². The fraction of sp³-hybridized carbons (Fsp3) is 0.357. The van der Waals surface area contributed by atoms with Crippen LogP contribution < -0.4 is 5.73 Å². The summed E-state index contributed by atoms with van der Waals surface area (Å²) >= 11 is 1.55. The first-order valence-electron chi connectivity index (χ1n) is 6.21. The molecule has 0 unspecified atom stereocenters. The monoisotopic (exact) mass is 260 g/mol. The van der Waals surface area contributed by atoms with Gasteiger partial charge in [0, 0.05) is 23.5 Å². The standard InChI is InChI=1S/C14H16N2OS/c1-16(11-3-2-4-11)14(17)13-8-9-7-10(15)5-6-12(9)18-13/h5-8,11H,2-4,15H2,1H3. The van der Waals surface area contributed by atoms with Crippen LogP contribution in [-0.2, 0) is 0 Å². The summed E-state index contributed by atoms with van der Waals surface area (Å²) in [7, 11) is 1.91. The van der Waals surface area contributed by atoms with Crippen LogP contribution in [0.4, 0.5) is 5.69 Å². The minimum Gasteiger partial charge on any atom is -0.399 e. The van der Waals surface area contributed by atoms with E-state index >= 15 is 0 Å². The van der Waals surface area contributed by atoms with Crippen LogP contribution in [0.2, 0.25) is 0 Å². The number of rotatable bonds is 2. The van der Waals surface area contributed by atoms with Crippen molar-refractivity contribution in [3.05, 3.63) is 29.1 Å². The molecule has 3 rings (SSSR count). The normalized spacial score (nSPS) is 15.6. The van der Waals surface area contributed by atoms with Crippen molar-refractivity contribution in [2.45, 2.75) is 25.3 Å². The van der Waals surface area contributed by atoms with Crippen LogP contribution in [0.3, 0.4) is 0 Å². The van der Waals surface area contributed by atoms with Gasteiger partial charge < -0.3 is 10.6 Å². The quantitative estimate of drug-likeness (QED) is 0.843.